The summed E-state index contributed by atoms with van der Waals surface area (Å²) in [6.07, 6.45) is 3.35. The minimum Gasteiger partial charge on any atom is -0.310 e. The molecule has 1 N–H and O–H groups in total. The fourth-order valence-corrected chi connectivity index (χ4v) is 3.56. The number of carbonyl (C=O) groups is 1. The molecule has 0 aromatic carbocycles. The number of carbonyl (C=O) groups excluding carboxylic acids is 1. The van der Waals surface area contributed by atoms with Crippen molar-refractivity contribution in [1.29, 1.82) is 0 Å². The Balaban J connectivity index is 1.52. The lowest BCUT2D eigenvalue weighted by Crippen LogP contribution is -2.37. The Morgan fingerprint density at radius 3 is 2.56 bits per heavy atom. The molecule has 132 valence electrons. The molecule has 2 aromatic heterocycles. The Hall–Kier alpha value is -1.69. The summed E-state index contributed by atoms with van der Waals surface area (Å²) in [5, 5.41) is 3.73. The van der Waals surface area contributed by atoms with E-state index in [0.29, 0.717) is 16.1 Å². The third kappa shape index (κ3) is 5.14. The fraction of sp³-hybridized carbons (Fsp3) is 0.389. The van der Waals surface area contributed by atoms with Crippen molar-refractivity contribution in [1.82, 2.24) is 14.9 Å². The molecule has 7 heteroatoms. The first kappa shape index (κ1) is 18.1. The van der Waals surface area contributed by atoms with E-state index >= 15 is 0 Å². The molecule has 5 nitrogen and oxygen atoms in total. The Labute approximate surface area is 157 Å². The molecule has 1 fully saturated rings. The van der Waals surface area contributed by atoms with Crippen LogP contribution in [0.5, 0.6) is 0 Å². The predicted molar refractivity (Wildman–Crippen MR) is 99.9 cm³/mol. The average molecular weight is 379 g/mol. The van der Waals surface area contributed by atoms with Gasteiger partial charge in [0.2, 0.25) is 5.91 Å². The van der Waals surface area contributed by atoms with Gasteiger partial charge in [-0.05, 0) is 68.2 Å². The summed E-state index contributed by atoms with van der Waals surface area (Å²) in [5.74, 6) is 0.685. The normalized spacial score (nSPS) is 16.0. The monoisotopic (exact) mass is 378 g/mol. The van der Waals surface area contributed by atoms with Gasteiger partial charge in [0, 0.05) is 18.7 Å². The Bertz CT molecular complexity index is 740. The van der Waals surface area contributed by atoms with Gasteiger partial charge >= 0.3 is 0 Å². The lowest BCUT2D eigenvalue weighted by Gasteiger charge is -2.31. The van der Waals surface area contributed by atoms with Crippen molar-refractivity contribution in [3.05, 3.63) is 51.9 Å². The number of hydrogen-bond donors (Lipinski definition) is 1. The zero-order valence-electron chi connectivity index (χ0n) is 14.0. The minimum absolute atomic E-state index is 0.0168. The van der Waals surface area contributed by atoms with Crippen molar-refractivity contribution < 1.29 is 4.79 Å². The van der Waals surface area contributed by atoms with Crippen molar-refractivity contribution in [2.75, 3.05) is 18.4 Å². The molecule has 0 bridgehead atoms. The summed E-state index contributed by atoms with van der Waals surface area (Å²) in [7, 11) is 0. The molecule has 0 aliphatic carbocycles. The standard InChI is InChI=1S/C18H20Cl2N4O/c1-12-2-5-21-17(8-12)23-18(25)14-3-6-24(7-4-14)11-13-9-15(19)22-16(20)10-13/h2,5,8-10,14H,3-4,6-7,11H2,1H3,(H,21,23,25). The van der Waals surface area contributed by atoms with E-state index in [1.54, 1.807) is 6.20 Å². The van der Waals surface area contributed by atoms with Gasteiger partial charge < -0.3 is 5.32 Å². The summed E-state index contributed by atoms with van der Waals surface area (Å²) < 4.78 is 0. The number of piperidine rings is 1. The third-order valence-corrected chi connectivity index (χ3v) is 4.74. The summed E-state index contributed by atoms with van der Waals surface area (Å²) in [6, 6.07) is 7.45. The molecule has 3 rings (SSSR count). The number of amides is 1. The van der Waals surface area contributed by atoms with Gasteiger partial charge in [-0.1, -0.05) is 23.2 Å². The first-order chi connectivity index (χ1) is 12.0. The quantitative estimate of drug-likeness (QED) is 0.818. The van der Waals surface area contributed by atoms with E-state index in [1.165, 1.54) is 0 Å². The van der Waals surface area contributed by atoms with Crippen LogP contribution in [0.4, 0.5) is 5.82 Å². The molecule has 0 unspecified atom stereocenters. The number of halogens is 2. The Kier molecular flexibility index (Phi) is 5.89. The number of rotatable bonds is 4. The Morgan fingerprint density at radius 1 is 1.24 bits per heavy atom. The van der Waals surface area contributed by atoms with Gasteiger partial charge in [-0.2, -0.15) is 0 Å². The molecule has 25 heavy (non-hydrogen) atoms. The molecule has 1 amide bonds. The molecule has 2 aromatic rings. The molecule has 0 spiro atoms. The molecule has 1 aliphatic heterocycles. The second kappa shape index (κ2) is 8.13. The molecule has 0 atom stereocenters. The van der Waals surface area contributed by atoms with Crippen molar-refractivity contribution >= 4 is 34.9 Å². The van der Waals surface area contributed by atoms with E-state index in [4.69, 9.17) is 23.2 Å². The van der Waals surface area contributed by atoms with E-state index in [2.05, 4.69) is 20.2 Å². The van der Waals surface area contributed by atoms with Gasteiger partial charge in [-0.15, -0.1) is 0 Å². The number of anilines is 1. The van der Waals surface area contributed by atoms with Crippen LogP contribution in [0.3, 0.4) is 0 Å². The van der Waals surface area contributed by atoms with Crippen LogP contribution in [0.25, 0.3) is 0 Å². The molecule has 1 saturated heterocycles. The third-order valence-electron chi connectivity index (χ3n) is 4.35. The molecule has 0 radical (unpaired) electrons. The van der Waals surface area contributed by atoms with E-state index in [0.717, 1.165) is 43.6 Å². The van der Waals surface area contributed by atoms with Crippen LogP contribution in [0.2, 0.25) is 10.3 Å². The largest absolute Gasteiger partial charge is 0.310 e. The summed E-state index contributed by atoms with van der Waals surface area (Å²) in [6.45, 7) is 4.46. The zero-order valence-corrected chi connectivity index (χ0v) is 15.5. The lowest BCUT2D eigenvalue weighted by molar-refractivity contribution is -0.121. The summed E-state index contributed by atoms with van der Waals surface area (Å²) in [5.41, 5.74) is 2.12. The highest BCUT2D eigenvalue weighted by molar-refractivity contribution is 6.32. The maximum absolute atomic E-state index is 12.4. The van der Waals surface area contributed by atoms with Gasteiger partial charge in [-0.25, -0.2) is 9.97 Å². The number of hydrogen-bond acceptors (Lipinski definition) is 4. The SMILES string of the molecule is Cc1ccnc(NC(=O)C2CCN(Cc3cc(Cl)nc(Cl)c3)CC2)c1. The van der Waals surface area contributed by atoms with Gasteiger partial charge in [0.25, 0.3) is 0 Å². The van der Waals surface area contributed by atoms with Crippen molar-refractivity contribution in [2.24, 2.45) is 5.92 Å². The number of aromatic nitrogens is 2. The summed E-state index contributed by atoms with van der Waals surface area (Å²) in [4.78, 5) is 22.9. The van der Waals surface area contributed by atoms with Gasteiger partial charge in [0.05, 0.1) is 0 Å². The van der Waals surface area contributed by atoms with Crippen molar-refractivity contribution in [3.8, 4) is 0 Å². The van der Waals surface area contributed by atoms with Crippen LogP contribution in [0, 0.1) is 12.8 Å². The van der Waals surface area contributed by atoms with Crippen LogP contribution < -0.4 is 5.32 Å². The van der Waals surface area contributed by atoms with E-state index in [1.807, 2.05) is 31.2 Å². The van der Waals surface area contributed by atoms with Gasteiger partial charge in [-0.3, -0.25) is 9.69 Å². The van der Waals surface area contributed by atoms with Crippen LogP contribution in [-0.2, 0) is 11.3 Å². The number of aryl methyl sites for hydroxylation is 1. The number of pyridine rings is 2. The second-order valence-electron chi connectivity index (χ2n) is 6.38. The van der Waals surface area contributed by atoms with Crippen molar-refractivity contribution in [2.45, 2.75) is 26.3 Å². The predicted octanol–water partition coefficient (Wildman–Crippen LogP) is 3.94. The highest BCUT2D eigenvalue weighted by Gasteiger charge is 2.25. The van der Waals surface area contributed by atoms with Crippen molar-refractivity contribution in [3.63, 3.8) is 0 Å². The molecule has 0 saturated carbocycles. The first-order valence-corrected chi connectivity index (χ1v) is 9.03. The minimum atomic E-state index is 0.0168. The molecular formula is C18H20Cl2N4O. The second-order valence-corrected chi connectivity index (χ2v) is 7.15. The molecular weight excluding hydrogens is 359 g/mol. The highest BCUT2D eigenvalue weighted by Crippen LogP contribution is 2.22. The number of likely N-dealkylation sites (tertiary alicyclic amines) is 1. The highest BCUT2D eigenvalue weighted by atomic mass is 35.5. The maximum Gasteiger partial charge on any atom is 0.228 e. The maximum atomic E-state index is 12.4. The van der Waals surface area contributed by atoms with Gasteiger partial charge in [0.1, 0.15) is 16.1 Å². The fourth-order valence-electron chi connectivity index (χ4n) is 3.05. The van der Waals surface area contributed by atoms with E-state index in [9.17, 15) is 4.79 Å². The number of nitrogens with zero attached hydrogens (tertiary/aromatic N) is 3. The molecule has 3 heterocycles. The Morgan fingerprint density at radius 2 is 1.92 bits per heavy atom. The van der Waals surface area contributed by atoms with E-state index in [-0.39, 0.29) is 11.8 Å². The summed E-state index contributed by atoms with van der Waals surface area (Å²) >= 11 is 11.9. The average Bonchev–Trinajstić information content (AvgIpc) is 2.54. The lowest BCUT2D eigenvalue weighted by atomic mass is 9.95. The van der Waals surface area contributed by atoms with Crippen LogP contribution in [0.1, 0.15) is 24.0 Å². The topological polar surface area (TPSA) is 58.1 Å². The first-order valence-electron chi connectivity index (χ1n) is 8.27. The van der Waals surface area contributed by atoms with E-state index < -0.39 is 0 Å². The van der Waals surface area contributed by atoms with Crippen LogP contribution in [0.15, 0.2) is 30.5 Å². The van der Waals surface area contributed by atoms with Gasteiger partial charge in [0.15, 0.2) is 0 Å². The number of nitrogens with one attached hydrogen (secondary N) is 1. The van der Waals surface area contributed by atoms with Crippen LogP contribution >= 0.6 is 23.2 Å². The van der Waals surface area contributed by atoms with Crippen LogP contribution in [-0.4, -0.2) is 33.9 Å². The smallest absolute Gasteiger partial charge is 0.228 e. The molecule has 1 aliphatic rings. The zero-order chi connectivity index (χ0) is 17.8.